The molecule has 188 valence electrons. The average molecular weight is 541 g/mol. The number of hydrogen-bond acceptors (Lipinski definition) is 6. The number of aromatic nitrogens is 3. The predicted molar refractivity (Wildman–Crippen MR) is 150 cm³/mol. The first-order valence-corrected chi connectivity index (χ1v) is 13.1. The van der Waals surface area contributed by atoms with Crippen molar-refractivity contribution >= 4 is 40.1 Å². The van der Waals surface area contributed by atoms with Gasteiger partial charge in [0.05, 0.1) is 17.1 Å². The second kappa shape index (κ2) is 10.5. The van der Waals surface area contributed by atoms with Gasteiger partial charge in [-0.1, -0.05) is 41.9 Å². The van der Waals surface area contributed by atoms with E-state index in [2.05, 4.69) is 10.3 Å². The number of benzene rings is 3. The van der Waals surface area contributed by atoms with Gasteiger partial charge in [0.15, 0.2) is 16.6 Å². The van der Waals surface area contributed by atoms with Crippen molar-refractivity contribution in [2.75, 3.05) is 18.5 Å². The molecule has 3 aromatic carbocycles. The van der Waals surface area contributed by atoms with E-state index in [1.54, 1.807) is 10.8 Å². The molecule has 0 unspecified atom stereocenters. The molecule has 0 fully saturated rings. The van der Waals surface area contributed by atoms with Crippen LogP contribution in [0.4, 0.5) is 5.13 Å². The number of anilines is 1. The fourth-order valence-electron chi connectivity index (χ4n) is 4.03. The first-order valence-electron chi connectivity index (χ1n) is 11.9. The molecule has 5 aromatic rings. The third kappa shape index (κ3) is 5.18. The van der Waals surface area contributed by atoms with Gasteiger partial charge in [0, 0.05) is 39.4 Å². The Morgan fingerprint density at radius 2 is 1.74 bits per heavy atom. The highest BCUT2D eigenvalue weighted by Crippen LogP contribution is 2.35. The monoisotopic (exact) mass is 540 g/mol. The molecule has 0 spiro atoms. The predicted octanol–water partition coefficient (Wildman–Crippen LogP) is 6.74. The number of carbonyl (C=O) groups excluding carboxylic acids is 1. The van der Waals surface area contributed by atoms with E-state index in [1.807, 2.05) is 84.4 Å². The molecule has 7 nitrogen and oxygen atoms in total. The standard InChI is InChI=1S/C29H21ClN4O3S/c30-22-10-6-19(7-11-22)28-21(17-34(33-28)23-4-2-1-3-5-23)9-13-27(35)32-29-31-24(18-38-29)20-8-12-25-26(16-20)37-15-14-36-25/h1-13,16-18H,14-15H2,(H,31,32,35)/b13-9+. The third-order valence-electron chi connectivity index (χ3n) is 5.87. The summed E-state index contributed by atoms with van der Waals surface area (Å²) in [6.45, 7) is 1.06. The lowest BCUT2D eigenvalue weighted by Gasteiger charge is -2.18. The maximum atomic E-state index is 12.8. The summed E-state index contributed by atoms with van der Waals surface area (Å²) in [6.07, 6.45) is 5.13. The van der Waals surface area contributed by atoms with E-state index in [0.29, 0.717) is 29.1 Å². The molecule has 38 heavy (non-hydrogen) atoms. The number of halogens is 1. The van der Waals surface area contributed by atoms with E-state index in [9.17, 15) is 4.79 Å². The van der Waals surface area contributed by atoms with Crippen LogP contribution in [0.5, 0.6) is 11.5 Å². The number of nitrogens with zero attached hydrogens (tertiary/aromatic N) is 3. The van der Waals surface area contributed by atoms with Gasteiger partial charge < -0.3 is 9.47 Å². The molecule has 9 heteroatoms. The van der Waals surface area contributed by atoms with Gasteiger partial charge in [0.2, 0.25) is 5.91 Å². The summed E-state index contributed by atoms with van der Waals surface area (Å²) in [5.41, 5.74) is 4.99. The summed E-state index contributed by atoms with van der Waals surface area (Å²) >= 11 is 7.44. The first-order chi connectivity index (χ1) is 18.6. The lowest BCUT2D eigenvalue weighted by molar-refractivity contribution is -0.111. The molecular formula is C29H21ClN4O3S. The molecule has 0 bridgehead atoms. The van der Waals surface area contributed by atoms with E-state index < -0.39 is 0 Å². The van der Waals surface area contributed by atoms with Crippen LogP contribution in [-0.4, -0.2) is 33.9 Å². The molecule has 6 rings (SSSR count). The SMILES string of the molecule is O=C(/C=C/c1cn(-c2ccccc2)nc1-c1ccc(Cl)cc1)Nc1nc(-c2ccc3c(c2)OCCO3)cs1. The second-order valence-electron chi connectivity index (χ2n) is 8.44. The van der Waals surface area contributed by atoms with Gasteiger partial charge in [0.25, 0.3) is 0 Å². The Bertz CT molecular complexity index is 1630. The lowest BCUT2D eigenvalue weighted by Crippen LogP contribution is -2.15. The number of rotatable bonds is 6. The molecular weight excluding hydrogens is 520 g/mol. The van der Waals surface area contributed by atoms with Crippen molar-refractivity contribution in [2.24, 2.45) is 0 Å². The fraction of sp³-hybridized carbons (Fsp3) is 0.0690. The van der Waals surface area contributed by atoms with Gasteiger partial charge in [-0.3, -0.25) is 10.1 Å². The number of fused-ring (bicyclic) bond motifs is 1. The number of ether oxygens (including phenoxy) is 2. The Balaban J connectivity index is 1.21. The van der Waals surface area contributed by atoms with Crippen molar-refractivity contribution in [1.82, 2.24) is 14.8 Å². The molecule has 1 aliphatic heterocycles. The Hall–Kier alpha value is -4.40. The number of hydrogen-bond donors (Lipinski definition) is 1. The van der Waals surface area contributed by atoms with Gasteiger partial charge in [-0.05, 0) is 48.5 Å². The summed E-state index contributed by atoms with van der Waals surface area (Å²) < 4.78 is 13.0. The van der Waals surface area contributed by atoms with Gasteiger partial charge in [-0.15, -0.1) is 11.3 Å². The third-order valence-corrected chi connectivity index (χ3v) is 6.88. The van der Waals surface area contributed by atoms with Crippen LogP contribution in [0.2, 0.25) is 5.02 Å². The van der Waals surface area contributed by atoms with E-state index in [-0.39, 0.29) is 5.91 Å². The van der Waals surface area contributed by atoms with Gasteiger partial charge >= 0.3 is 0 Å². The molecule has 0 radical (unpaired) electrons. The zero-order valence-corrected chi connectivity index (χ0v) is 21.6. The summed E-state index contributed by atoms with van der Waals surface area (Å²) in [5, 5.41) is 10.7. The molecule has 0 saturated heterocycles. The van der Waals surface area contributed by atoms with Crippen molar-refractivity contribution in [3.63, 3.8) is 0 Å². The molecule has 1 amide bonds. The van der Waals surface area contributed by atoms with Crippen molar-refractivity contribution in [2.45, 2.75) is 0 Å². The van der Waals surface area contributed by atoms with E-state index in [0.717, 1.165) is 39.5 Å². The topological polar surface area (TPSA) is 78.3 Å². The zero-order chi connectivity index (χ0) is 25.9. The van der Waals surface area contributed by atoms with Crippen molar-refractivity contribution in [3.8, 4) is 39.7 Å². The van der Waals surface area contributed by atoms with Crippen LogP contribution in [0, 0.1) is 0 Å². The molecule has 0 atom stereocenters. The molecule has 0 saturated carbocycles. The highest BCUT2D eigenvalue weighted by Gasteiger charge is 2.15. The minimum atomic E-state index is -0.289. The van der Waals surface area contributed by atoms with Crippen LogP contribution < -0.4 is 14.8 Å². The van der Waals surface area contributed by atoms with Crippen LogP contribution in [0.1, 0.15) is 5.56 Å². The van der Waals surface area contributed by atoms with E-state index in [4.69, 9.17) is 26.2 Å². The first kappa shape index (κ1) is 24.0. The van der Waals surface area contributed by atoms with Crippen LogP contribution in [0.3, 0.4) is 0 Å². The van der Waals surface area contributed by atoms with Crippen LogP contribution in [-0.2, 0) is 4.79 Å². The molecule has 0 aliphatic carbocycles. The number of amides is 1. The number of carbonyl (C=O) groups is 1. The van der Waals surface area contributed by atoms with Gasteiger partial charge in [0.1, 0.15) is 13.2 Å². The lowest BCUT2D eigenvalue weighted by atomic mass is 10.1. The number of thiazole rings is 1. The summed E-state index contributed by atoms with van der Waals surface area (Å²) in [7, 11) is 0. The summed E-state index contributed by atoms with van der Waals surface area (Å²) in [4.78, 5) is 17.3. The van der Waals surface area contributed by atoms with Crippen LogP contribution in [0.15, 0.2) is 90.4 Å². The highest BCUT2D eigenvalue weighted by atomic mass is 35.5. The fourth-order valence-corrected chi connectivity index (χ4v) is 4.88. The quantitative estimate of drug-likeness (QED) is 0.241. The minimum absolute atomic E-state index is 0.289. The maximum Gasteiger partial charge on any atom is 0.250 e. The smallest absolute Gasteiger partial charge is 0.250 e. The Kier molecular flexibility index (Phi) is 6.64. The van der Waals surface area contributed by atoms with Crippen molar-refractivity contribution in [3.05, 3.63) is 101 Å². The van der Waals surface area contributed by atoms with Crippen LogP contribution >= 0.6 is 22.9 Å². The number of nitrogens with one attached hydrogen (secondary N) is 1. The highest BCUT2D eigenvalue weighted by molar-refractivity contribution is 7.14. The molecule has 3 heterocycles. The zero-order valence-electron chi connectivity index (χ0n) is 20.0. The molecule has 2 aromatic heterocycles. The average Bonchev–Trinajstić information content (AvgIpc) is 3.60. The maximum absolute atomic E-state index is 12.8. The minimum Gasteiger partial charge on any atom is -0.486 e. The Morgan fingerprint density at radius 3 is 2.55 bits per heavy atom. The van der Waals surface area contributed by atoms with Gasteiger partial charge in [-0.25, -0.2) is 9.67 Å². The number of para-hydroxylation sites is 1. The largest absolute Gasteiger partial charge is 0.486 e. The normalized spacial score (nSPS) is 12.6. The van der Waals surface area contributed by atoms with Gasteiger partial charge in [-0.2, -0.15) is 5.10 Å². The van der Waals surface area contributed by atoms with Crippen molar-refractivity contribution < 1.29 is 14.3 Å². The Morgan fingerprint density at radius 1 is 0.974 bits per heavy atom. The molecule has 1 N–H and O–H groups in total. The van der Waals surface area contributed by atoms with E-state index in [1.165, 1.54) is 17.4 Å². The van der Waals surface area contributed by atoms with Crippen LogP contribution in [0.25, 0.3) is 34.3 Å². The van der Waals surface area contributed by atoms with E-state index >= 15 is 0 Å². The van der Waals surface area contributed by atoms with Crippen molar-refractivity contribution in [1.29, 1.82) is 0 Å². The second-order valence-corrected chi connectivity index (χ2v) is 9.73. The Labute approximate surface area is 227 Å². The molecule has 1 aliphatic rings. The summed E-state index contributed by atoms with van der Waals surface area (Å²) in [6, 6.07) is 23.0. The summed E-state index contributed by atoms with van der Waals surface area (Å²) in [5.74, 6) is 1.13.